The van der Waals surface area contributed by atoms with Crippen LogP contribution in [0.4, 0.5) is 0 Å². The number of amides is 1. The predicted octanol–water partition coefficient (Wildman–Crippen LogP) is 4.39. The van der Waals surface area contributed by atoms with E-state index in [1.165, 1.54) is 0 Å². The van der Waals surface area contributed by atoms with Crippen LogP contribution >= 0.6 is 11.6 Å². The van der Waals surface area contributed by atoms with Gasteiger partial charge in [-0.05, 0) is 55.8 Å². The quantitative estimate of drug-likeness (QED) is 0.449. The number of nitrogens with zero attached hydrogens (tertiary/aromatic N) is 4. The molecular weight excluding hydrogens is 450 g/mol. The monoisotopic (exact) mass is 473 g/mol. The van der Waals surface area contributed by atoms with Crippen LogP contribution < -0.4 is 10.1 Å². The molecule has 0 bridgehead atoms. The van der Waals surface area contributed by atoms with Crippen molar-refractivity contribution < 1.29 is 9.53 Å². The fourth-order valence-corrected chi connectivity index (χ4v) is 4.43. The highest BCUT2D eigenvalue weighted by atomic mass is 35.5. The normalized spacial score (nSPS) is 14.5. The lowest BCUT2D eigenvalue weighted by molar-refractivity contribution is 0.0933. The maximum Gasteiger partial charge on any atom is 0.251 e. The molecule has 1 amide bonds. The van der Waals surface area contributed by atoms with Gasteiger partial charge in [-0.15, -0.1) is 0 Å². The fraction of sp³-hybridized carbons (Fsp3) is 0.231. The Kier molecular flexibility index (Phi) is 6.02. The molecule has 172 valence electrons. The summed E-state index contributed by atoms with van der Waals surface area (Å²) in [5.74, 6) is 1.15. The zero-order chi connectivity index (χ0) is 23.7. The molecule has 8 heteroatoms. The molecule has 4 aromatic rings. The summed E-state index contributed by atoms with van der Waals surface area (Å²) in [4.78, 5) is 21.4. The van der Waals surface area contributed by atoms with Gasteiger partial charge in [0, 0.05) is 40.7 Å². The summed E-state index contributed by atoms with van der Waals surface area (Å²) in [6.45, 7) is 5.07. The van der Waals surface area contributed by atoms with Gasteiger partial charge in [-0.1, -0.05) is 23.7 Å². The summed E-state index contributed by atoms with van der Waals surface area (Å²) in [6.07, 6.45) is 3.83. The van der Waals surface area contributed by atoms with Crippen molar-refractivity contribution in [3.63, 3.8) is 0 Å². The molecule has 1 aliphatic heterocycles. The number of rotatable bonds is 6. The van der Waals surface area contributed by atoms with Gasteiger partial charge in [0.15, 0.2) is 5.82 Å². The van der Waals surface area contributed by atoms with Gasteiger partial charge in [-0.25, -0.2) is 9.97 Å². The van der Waals surface area contributed by atoms with E-state index in [0.29, 0.717) is 35.9 Å². The number of carbonyl (C=O) groups is 1. The molecule has 0 saturated heterocycles. The van der Waals surface area contributed by atoms with E-state index in [0.717, 1.165) is 33.8 Å². The average molecular weight is 474 g/mol. The number of carbonyl (C=O) groups excluding carboxylic acids is 1. The molecule has 0 aliphatic carbocycles. The molecule has 1 aliphatic rings. The van der Waals surface area contributed by atoms with Crippen molar-refractivity contribution in [3.05, 3.63) is 94.0 Å². The third-order valence-electron chi connectivity index (χ3n) is 5.81. The Labute approximate surface area is 202 Å². The van der Waals surface area contributed by atoms with E-state index in [-0.39, 0.29) is 12.0 Å². The lowest BCUT2D eigenvalue weighted by atomic mass is 10.1. The molecule has 2 aromatic carbocycles. The van der Waals surface area contributed by atoms with E-state index in [1.807, 2.05) is 54.9 Å². The van der Waals surface area contributed by atoms with Crippen LogP contribution in [0, 0.1) is 13.8 Å². The molecule has 0 saturated carbocycles. The molecule has 0 spiro atoms. The molecule has 1 N–H and O–H groups in total. The first-order chi connectivity index (χ1) is 16.5. The minimum Gasteiger partial charge on any atom is -0.487 e. The number of fused-ring (bicyclic) bond motifs is 1. The minimum atomic E-state index is -0.190. The highest BCUT2D eigenvalue weighted by molar-refractivity contribution is 6.31. The molecule has 0 unspecified atom stereocenters. The number of aromatic nitrogens is 4. The Morgan fingerprint density at radius 1 is 1.15 bits per heavy atom. The summed E-state index contributed by atoms with van der Waals surface area (Å²) in [5, 5.41) is 8.08. The SMILES string of the molecule is Cc1cc(C)n(Cc2ccc(C(=O)NC[C@H]3Cc4cc(Cl)cc(-c5ncccn5)c4O3)cc2)n1. The maximum absolute atomic E-state index is 12.7. The molecule has 2 aromatic heterocycles. The third kappa shape index (κ3) is 4.65. The van der Waals surface area contributed by atoms with Gasteiger partial charge in [0.05, 0.1) is 24.3 Å². The van der Waals surface area contributed by atoms with Crippen LogP contribution in [0.5, 0.6) is 5.75 Å². The summed E-state index contributed by atoms with van der Waals surface area (Å²) in [7, 11) is 0. The van der Waals surface area contributed by atoms with Gasteiger partial charge in [-0.3, -0.25) is 9.48 Å². The van der Waals surface area contributed by atoms with Crippen LogP contribution in [-0.4, -0.2) is 38.3 Å². The second-order valence-corrected chi connectivity index (χ2v) is 8.89. The first kappa shape index (κ1) is 22.1. The number of halogens is 1. The highest BCUT2D eigenvalue weighted by Gasteiger charge is 2.28. The van der Waals surface area contributed by atoms with Crippen molar-refractivity contribution in [2.75, 3.05) is 6.54 Å². The molecule has 0 fully saturated rings. The Morgan fingerprint density at radius 2 is 1.91 bits per heavy atom. The Morgan fingerprint density at radius 3 is 2.62 bits per heavy atom. The molecular formula is C26H24ClN5O2. The van der Waals surface area contributed by atoms with Crippen LogP contribution in [0.25, 0.3) is 11.4 Å². The number of hydrogen-bond acceptors (Lipinski definition) is 5. The van der Waals surface area contributed by atoms with Crippen LogP contribution in [0.1, 0.15) is 32.9 Å². The van der Waals surface area contributed by atoms with Crippen molar-refractivity contribution in [1.82, 2.24) is 25.1 Å². The average Bonchev–Trinajstić information content (AvgIpc) is 3.39. The number of ether oxygens (including phenoxy) is 1. The molecule has 34 heavy (non-hydrogen) atoms. The van der Waals surface area contributed by atoms with Gasteiger partial charge >= 0.3 is 0 Å². The standard InChI is InChI=1S/C26H24ClN5O2/c1-16-10-17(2)32(31-16)15-18-4-6-19(7-5-18)26(33)30-14-22-12-20-11-21(27)13-23(24(20)34-22)25-28-8-3-9-29-25/h3-11,13,22H,12,14-15H2,1-2H3,(H,30,33)/t22-/m1/s1. The second kappa shape index (κ2) is 9.27. The number of benzene rings is 2. The van der Waals surface area contributed by atoms with E-state index in [2.05, 4.69) is 26.4 Å². The number of hydrogen-bond donors (Lipinski definition) is 1. The zero-order valence-corrected chi connectivity index (χ0v) is 19.7. The zero-order valence-electron chi connectivity index (χ0n) is 19.0. The van der Waals surface area contributed by atoms with Gasteiger partial charge < -0.3 is 10.1 Å². The fourth-order valence-electron chi connectivity index (χ4n) is 4.19. The Bertz CT molecular complexity index is 1340. The first-order valence-corrected chi connectivity index (χ1v) is 11.5. The molecule has 1 atom stereocenters. The predicted molar refractivity (Wildman–Crippen MR) is 130 cm³/mol. The lowest BCUT2D eigenvalue weighted by Gasteiger charge is -2.13. The molecule has 0 radical (unpaired) electrons. The summed E-state index contributed by atoms with van der Waals surface area (Å²) < 4.78 is 8.13. The van der Waals surface area contributed by atoms with Crippen LogP contribution in [0.3, 0.4) is 0 Å². The van der Waals surface area contributed by atoms with E-state index >= 15 is 0 Å². The number of nitrogens with one attached hydrogen (secondary N) is 1. The van der Waals surface area contributed by atoms with Crippen molar-refractivity contribution in [3.8, 4) is 17.1 Å². The summed E-state index contributed by atoms with van der Waals surface area (Å²) in [6, 6.07) is 15.1. The number of aryl methyl sites for hydroxylation is 2. The summed E-state index contributed by atoms with van der Waals surface area (Å²) >= 11 is 6.32. The topological polar surface area (TPSA) is 81.9 Å². The largest absolute Gasteiger partial charge is 0.487 e. The lowest BCUT2D eigenvalue weighted by Crippen LogP contribution is -2.34. The van der Waals surface area contributed by atoms with Crippen molar-refractivity contribution in [2.24, 2.45) is 0 Å². The smallest absolute Gasteiger partial charge is 0.251 e. The molecule has 5 rings (SSSR count). The Hall–Kier alpha value is -3.71. The molecule has 7 nitrogen and oxygen atoms in total. The van der Waals surface area contributed by atoms with Gasteiger partial charge in [0.2, 0.25) is 0 Å². The second-order valence-electron chi connectivity index (χ2n) is 8.45. The van der Waals surface area contributed by atoms with Crippen molar-refractivity contribution >= 4 is 17.5 Å². The van der Waals surface area contributed by atoms with E-state index in [4.69, 9.17) is 16.3 Å². The van der Waals surface area contributed by atoms with Gasteiger partial charge in [-0.2, -0.15) is 5.10 Å². The maximum atomic E-state index is 12.7. The van der Waals surface area contributed by atoms with Gasteiger partial charge in [0.25, 0.3) is 5.91 Å². The first-order valence-electron chi connectivity index (χ1n) is 11.1. The van der Waals surface area contributed by atoms with E-state index in [1.54, 1.807) is 18.5 Å². The Balaban J connectivity index is 1.21. The van der Waals surface area contributed by atoms with Crippen LogP contribution in [-0.2, 0) is 13.0 Å². The summed E-state index contributed by atoms with van der Waals surface area (Å²) in [5.41, 5.74) is 5.55. The molecule has 3 heterocycles. The van der Waals surface area contributed by atoms with Gasteiger partial charge in [0.1, 0.15) is 11.9 Å². The van der Waals surface area contributed by atoms with E-state index < -0.39 is 0 Å². The van der Waals surface area contributed by atoms with Crippen LogP contribution in [0.2, 0.25) is 5.02 Å². The van der Waals surface area contributed by atoms with E-state index in [9.17, 15) is 4.79 Å². The minimum absolute atomic E-state index is 0.137. The van der Waals surface area contributed by atoms with Crippen LogP contribution in [0.15, 0.2) is 60.9 Å². The third-order valence-corrected chi connectivity index (χ3v) is 6.03. The van der Waals surface area contributed by atoms with Crippen molar-refractivity contribution in [2.45, 2.75) is 32.9 Å². The van der Waals surface area contributed by atoms with Crippen molar-refractivity contribution in [1.29, 1.82) is 0 Å². The highest BCUT2D eigenvalue weighted by Crippen LogP contribution is 2.39.